The molecule has 0 saturated carbocycles. The van der Waals surface area contributed by atoms with Gasteiger partial charge in [-0.25, -0.2) is 0 Å². The maximum atomic E-state index is 12.3. The Balaban J connectivity index is 1.51. The van der Waals surface area contributed by atoms with E-state index in [1.807, 2.05) is 6.07 Å². The molecule has 0 atom stereocenters. The minimum atomic E-state index is -0.0195. The molecule has 1 aliphatic heterocycles. The highest BCUT2D eigenvalue weighted by Gasteiger charge is 2.17. The average Bonchev–Trinajstić information content (AvgIpc) is 2.69. The fraction of sp³-hybridized carbons (Fsp3) is 0.381. The van der Waals surface area contributed by atoms with E-state index in [4.69, 9.17) is 5.73 Å². The van der Waals surface area contributed by atoms with Gasteiger partial charge in [0.05, 0.1) is 5.56 Å². The largest absolute Gasteiger partial charge is 0.399 e. The van der Waals surface area contributed by atoms with Crippen LogP contribution in [-0.4, -0.2) is 69.1 Å². The van der Waals surface area contributed by atoms with Gasteiger partial charge >= 0.3 is 0 Å². The Morgan fingerprint density at radius 2 is 1.78 bits per heavy atom. The molecule has 0 aliphatic carbocycles. The summed E-state index contributed by atoms with van der Waals surface area (Å²) >= 11 is 0. The molecule has 144 valence electrons. The molecule has 6 nitrogen and oxygen atoms in total. The normalized spacial score (nSPS) is 14.8. The molecule has 6 heteroatoms. The summed E-state index contributed by atoms with van der Waals surface area (Å²) in [5.41, 5.74) is 9.32. The number of nitrogen functional groups attached to an aromatic ring is 1. The quantitative estimate of drug-likeness (QED) is 0.767. The van der Waals surface area contributed by atoms with Crippen LogP contribution in [0.1, 0.15) is 10.4 Å². The van der Waals surface area contributed by atoms with Crippen LogP contribution in [0.4, 0.5) is 17.1 Å². The zero-order valence-electron chi connectivity index (χ0n) is 16.2. The van der Waals surface area contributed by atoms with Gasteiger partial charge in [0.25, 0.3) is 5.91 Å². The third-order valence-corrected chi connectivity index (χ3v) is 4.92. The summed E-state index contributed by atoms with van der Waals surface area (Å²) in [6, 6.07) is 16.0. The number of hydrogen-bond acceptors (Lipinski definition) is 5. The third-order valence-electron chi connectivity index (χ3n) is 4.92. The van der Waals surface area contributed by atoms with E-state index in [0.717, 1.165) is 45.0 Å². The highest BCUT2D eigenvalue weighted by atomic mass is 16.2. The first kappa shape index (κ1) is 19.0. The molecule has 0 spiro atoms. The summed E-state index contributed by atoms with van der Waals surface area (Å²) < 4.78 is 0. The summed E-state index contributed by atoms with van der Waals surface area (Å²) in [4.78, 5) is 18.8. The molecule has 1 heterocycles. The van der Waals surface area contributed by atoms with Gasteiger partial charge in [0.2, 0.25) is 0 Å². The number of nitrogens with one attached hydrogen (secondary N) is 1. The SMILES string of the molecule is CN(C)C(=O)c1ccc(N)cc1NCCN1CCN(c2ccccc2)CC1. The fourth-order valence-corrected chi connectivity index (χ4v) is 3.35. The van der Waals surface area contributed by atoms with Gasteiger partial charge in [-0.05, 0) is 30.3 Å². The summed E-state index contributed by atoms with van der Waals surface area (Å²) in [7, 11) is 3.52. The molecule has 27 heavy (non-hydrogen) atoms. The molecule has 3 rings (SSSR count). The van der Waals surface area contributed by atoms with E-state index in [-0.39, 0.29) is 5.91 Å². The molecular formula is C21H29N5O. The van der Waals surface area contributed by atoms with Crippen molar-refractivity contribution >= 4 is 23.0 Å². The van der Waals surface area contributed by atoms with E-state index in [1.54, 1.807) is 31.1 Å². The number of carbonyl (C=O) groups excluding carboxylic acids is 1. The average molecular weight is 367 g/mol. The summed E-state index contributed by atoms with van der Waals surface area (Å²) in [5, 5.41) is 3.40. The molecule has 2 aromatic rings. The smallest absolute Gasteiger partial charge is 0.255 e. The number of hydrogen-bond donors (Lipinski definition) is 2. The van der Waals surface area contributed by atoms with Crippen LogP contribution in [0.3, 0.4) is 0 Å². The molecule has 2 aromatic carbocycles. The Kier molecular flexibility index (Phi) is 6.19. The molecule has 3 N–H and O–H groups in total. The van der Waals surface area contributed by atoms with Crippen molar-refractivity contribution in [1.82, 2.24) is 9.80 Å². The minimum absolute atomic E-state index is 0.0195. The van der Waals surface area contributed by atoms with Gasteiger partial charge in [-0.15, -0.1) is 0 Å². The number of amides is 1. The molecule has 1 aliphatic rings. The minimum Gasteiger partial charge on any atom is -0.399 e. The van der Waals surface area contributed by atoms with Gasteiger partial charge in [0, 0.05) is 70.4 Å². The van der Waals surface area contributed by atoms with Gasteiger partial charge in [0.1, 0.15) is 0 Å². The lowest BCUT2D eigenvalue weighted by Crippen LogP contribution is -2.47. The van der Waals surface area contributed by atoms with Crippen LogP contribution in [0.25, 0.3) is 0 Å². The predicted octanol–water partition coefficient (Wildman–Crippen LogP) is 2.20. The van der Waals surface area contributed by atoms with Crippen molar-refractivity contribution in [3.8, 4) is 0 Å². The number of anilines is 3. The Morgan fingerprint density at radius 3 is 2.44 bits per heavy atom. The van der Waals surface area contributed by atoms with Crippen molar-refractivity contribution in [3.63, 3.8) is 0 Å². The maximum absolute atomic E-state index is 12.3. The first-order valence-corrected chi connectivity index (χ1v) is 9.42. The lowest BCUT2D eigenvalue weighted by atomic mass is 10.1. The Hall–Kier alpha value is -2.73. The summed E-state index contributed by atoms with van der Waals surface area (Å²) in [5.74, 6) is -0.0195. The van der Waals surface area contributed by atoms with Gasteiger partial charge < -0.3 is 20.9 Å². The van der Waals surface area contributed by atoms with E-state index < -0.39 is 0 Å². The van der Waals surface area contributed by atoms with Crippen LogP contribution in [0.5, 0.6) is 0 Å². The monoisotopic (exact) mass is 367 g/mol. The molecule has 0 bridgehead atoms. The van der Waals surface area contributed by atoms with Crippen LogP contribution in [0, 0.1) is 0 Å². The zero-order valence-corrected chi connectivity index (χ0v) is 16.2. The van der Waals surface area contributed by atoms with E-state index in [2.05, 4.69) is 45.4 Å². The number of benzene rings is 2. The molecular weight excluding hydrogens is 338 g/mol. The van der Waals surface area contributed by atoms with E-state index in [9.17, 15) is 4.79 Å². The van der Waals surface area contributed by atoms with Crippen LogP contribution < -0.4 is 16.0 Å². The predicted molar refractivity (Wildman–Crippen MR) is 112 cm³/mol. The molecule has 0 aromatic heterocycles. The van der Waals surface area contributed by atoms with Crippen LogP contribution in [-0.2, 0) is 0 Å². The lowest BCUT2D eigenvalue weighted by Gasteiger charge is -2.36. The van der Waals surface area contributed by atoms with E-state index in [1.165, 1.54) is 5.69 Å². The number of piperazine rings is 1. The molecule has 1 saturated heterocycles. The third kappa shape index (κ3) is 4.92. The first-order chi connectivity index (χ1) is 13.0. The molecule has 0 unspecified atom stereocenters. The van der Waals surface area contributed by atoms with Gasteiger partial charge in [-0.2, -0.15) is 0 Å². The highest BCUT2D eigenvalue weighted by Crippen LogP contribution is 2.20. The second-order valence-electron chi connectivity index (χ2n) is 7.10. The highest BCUT2D eigenvalue weighted by molar-refractivity contribution is 6.00. The second-order valence-corrected chi connectivity index (χ2v) is 7.10. The standard InChI is InChI=1S/C21H29N5O/c1-24(2)21(27)19-9-8-17(22)16-20(19)23-10-11-25-12-14-26(15-13-25)18-6-4-3-5-7-18/h3-9,16,23H,10-15,22H2,1-2H3. The van der Waals surface area contributed by atoms with Crippen LogP contribution in [0.15, 0.2) is 48.5 Å². The van der Waals surface area contributed by atoms with Crippen molar-refractivity contribution in [2.24, 2.45) is 0 Å². The Labute approximate surface area is 161 Å². The maximum Gasteiger partial charge on any atom is 0.255 e. The van der Waals surface area contributed by atoms with Gasteiger partial charge in [0.15, 0.2) is 0 Å². The first-order valence-electron chi connectivity index (χ1n) is 9.42. The zero-order chi connectivity index (χ0) is 19.2. The van der Waals surface area contributed by atoms with E-state index >= 15 is 0 Å². The van der Waals surface area contributed by atoms with E-state index in [0.29, 0.717) is 11.3 Å². The van der Waals surface area contributed by atoms with Crippen molar-refractivity contribution in [2.45, 2.75) is 0 Å². The van der Waals surface area contributed by atoms with Gasteiger partial charge in [-0.1, -0.05) is 18.2 Å². The number of para-hydroxylation sites is 1. The summed E-state index contributed by atoms with van der Waals surface area (Å²) in [6.45, 7) is 5.86. The Bertz CT molecular complexity index is 754. The lowest BCUT2D eigenvalue weighted by molar-refractivity contribution is 0.0828. The van der Waals surface area contributed by atoms with Crippen LogP contribution in [0.2, 0.25) is 0 Å². The number of carbonyl (C=O) groups is 1. The Morgan fingerprint density at radius 1 is 1.07 bits per heavy atom. The topological polar surface area (TPSA) is 64.8 Å². The van der Waals surface area contributed by atoms with Gasteiger partial charge in [-0.3, -0.25) is 9.69 Å². The summed E-state index contributed by atoms with van der Waals surface area (Å²) in [6.07, 6.45) is 0. The number of nitrogens with zero attached hydrogens (tertiary/aromatic N) is 3. The van der Waals surface area contributed by atoms with Crippen molar-refractivity contribution in [2.75, 3.05) is 69.3 Å². The molecule has 1 amide bonds. The number of rotatable bonds is 6. The van der Waals surface area contributed by atoms with Crippen molar-refractivity contribution < 1.29 is 4.79 Å². The molecule has 1 fully saturated rings. The second kappa shape index (κ2) is 8.77. The van der Waals surface area contributed by atoms with Crippen molar-refractivity contribution in [1.29, 1.82) is 0 Å². The van der Waals surface area contributed by atoms with Crippen molar-refractivity contribution in [3.05, 3.63) is 54.1 Å². The fourth-order valence-electron chi connectivity index (χ4n) is 3.35. The molecule has 0 radical (unpaired) electrons. The number of nitrogens with two attached hydrogens (primary N) is 1. The van der Waals surface area contributed by atoms with Crippen LogP contribution >= 0.6 is 0 Å².